The first-order valence-electron chi connectivity index (χ1n) is 8.53. The summed E-state index contributed by atoms with van der Waals surface area (Å²) < 4.78 is 67.1. The molecule has 0 heterocycles. The Labute approximate surface area is 185 Å². The van der Waals surface area contributed by atoms with E-state index in [1.807, 2.05) is 0 Å². The molecule has 0 radical (unpaired) electrons. The SMILES string of the molecule is O=C(Nc1ccccc1C(F)(F)F)c1cc(S(=O)(=O)Nc2ccc(Cl)cc2)ccc1Cl. The maximum absolute atomic E-state index is 13.2. The highest BCUT2D eigenvalue weighted by molar-refractivity contribution is 7.92. The average molecular weight is 489 g/mol. The Balaban J connectivity index is 1.91. The molecule has 1 amide bonds. The standard InChI is InChI=1S/C20H13Cl2F3N2O3S/c21-12-5-7-13(8-6-12)27-31(29,30)14-9-10-17(22)15(11-14)19(28)26-18-4-2-1-3-16(18)20(23,24)25/h1-11,27H,(H,26,28). The second kappa shape index (κ2) is 8.78. The third kappa shape index (κ3) is 5.49. The maximum atomic E-state index is 13.2. The van der Waals surface area contributed by atoms with Gasteiger partial charge in [0.2, 0.25) is 0 Å². The van der Waals surface area contributed by atoms with E-state index in [0.717, 1.165) is 18.2 Å². The van der Waals surface area contributed by atoms with Crippen molar-refractivity contribution in [3.05, 3.63) is 87.9 Å². The summed E-state index contributed by atoms with van der Waals surface area (Å²) in [6, 6.07) is 13.6. The molecule has 0 saturated carbocycles. The molecule has 5 nitrogen and oxygen atoms in total. The smallest absolute Gasteiger partial charge is 0.321 e. The predicted octanol–water partition coefficient (Wildman–Crippen LogP) is 6.07. The summed E-state index contributed by atoms with van der Waals surface area (Å²) in [5.41, 5.74) is -1.61. The third-order valence-electron chi connectivity index (χ3n) is 4.07. The van der Waals surface area contributed by atoms with E-state index >= 15 is 0 Å². The number of alkyl halides is 3. The predicted molar refractivity (Wildman–Crippen MR) is 113 cm³/mol. The number of anilines is 2. The van der Waals surface area contributed by atoms with Gasteiger partial charge < -0.3 is 5.32 Å². The molecule has 0 fully saturated rings. The van der Waals surface area contributed by atoms with E-state index in [1.165, 1.54) is 48.5 Å². The van der Waals surface area contributed by atoms with Gasteiger partial charge in [0, 0.05) is 10.7 Å². The molecule has 0 aromatic heterocycles. The molecule has 0 aliphatic heterocycles. The number of hydrogen-bond donors (Lipinski definition) is 2. The zero-order chi connectivity index (χ0) is 22.8. The van der Waals surface area contributed by atoms with Gasteiger partial charge >= 0.3 is 6.18 Å². The van der Waals surface area contributed by atoms with Crippen LogP contribution >= 0.6 is 23.2 Å². The van der Waals surface area contributed by atoms with Crippen LogP contribution in [0.3, 0.4) is 0 Å². The van der Waals surface area contributed by atoms with Crippen molar-refractivity contribution < 1.29 is 26.4 Å². The molecule has 0 aliphatic rings. The first-order valence-corrected chi connectivity index (χ1v) is 10.8. The molecular weight excluding hydrogens is 476 g/mol. The Hall–Kier alpha value is -2.75. The van der Waals surface area contributed by atoms with Gasteiger partial charge in [0.05, 0.1) is 26.7 Å². The van der Waals surface area contributed by atoms with Crippen LogP contribution in [-0.4, -0.2) is 14.3 Å². The molecule has 3 rings (SSSR count). The van der Waals surface area contributed by atoms with Gasteiger partial charge in [-0.25, -0.2) is 8.42 Å². The minimum absolute atomic E-state index is 0.132. The molecule has 0 aliphatic carbocycles. The lowest BCUT2D eigenvalue weighted by atomic mass is 10.1. The lowest BCUT2D eigenvalue weighted by molar-refractivity contribution is -0.136. The van der Waals surface area contributed by atoms with Crippen molar-refractivity contribution in [2.45, 2.75) is 11.1 Å². The van der Waals surface area contributed by atoms with Crippen LogP contribution in [0.2, 0.25) is 10.0 Å². The monoisotopic (exact) mass is 488 g/mol. The Morgan fingerprint density at radius 2 is 1.55 bits per heavy atom. The highest BCUT2D eigenvalue weighted by atomic mass is 35.5. The average Bonchev–Trinajstić information content (AvgIpc) is 2.69. The summed E-state index contributed by atoms with van der Waals surface area (Å²) in [6.07, 6.45) is -4.69. The second-order valence-electron chi connectivity index (χ2n) is 6.25. The van der Waals surface area contributed by atoms with Crippen LogP contribution in [0.15, 0.2) is 71.6 Å². The molecule has 162 valence electrons. The minimum atomic E-state index is -4.69. The molecule has 0 bridgehead atoms. The summed E-state index contributed by atoms with van der Waals surface area (Å²) in [4.78, 5) is 12.3. The number of amides is 1. The Morgan fingerprint density at radius 3 is 2.19 bits per heavy atom. The number of nitrogens with one attached hydrogen (secondary N) is 2. The molecule has 3 aromatic rings. The lowest BCUT2D eigenvalue weighted by Crippen LogP contribution is -2.18. The lowest BCUT2D eigenvalue weighted by Gasteiger charge is -2.14. The summed E-state index contributed by atoms with van der Waals surface area (Å²) in [7, 11) is -4.11. The highest BCUT2D eigenvalue weighted by Gasteiger charge is 2.33. The van der Waals surface area contributed by atoms with E-state index in [9.17, 15) is 26.4 Å². The van der Waals surface area contributed by atoms with Gasteiger partial charge in [0.25, 0.3) is 15.9 Å². The topological polar surface area (TPSA) is 75.3 Å². The van der Waals surface area contributed by atoms with Crippen molar-refractivity contribution >= 4 is 50.5 Å². The first kappa shape index (κ1) is 22.9. The van der Waals surface area contributed by atoms with E-state index in [0.29, 0.717) is 5.02 Å². The summed E-state index contributed by atoms with van der Waals surface area (Å²) in [6.45, 7) is 0. The number of halogens is 5. The van der Waals surface area contributed by atoms with Crippen LogP contribution in [0.25, 0.3) is 0 Å². The summed E-state index contributed by atoms with van der Waals surface area (Å²) >= 11 is 11.8. The van der Waals surface area contributed by atoms with Crippen LogP contribution < -0.4 is 10.0 Å². The normalized spacial score (nSPS) is 11.8. The van der Waals surface area contributed by atoms with Gasteiger partial charge in [-0.15, -0.1) is 0 Å². The van der Waals surface area contributed by atoms with E-state index in [4.69, 9.17) is 23.2 Å². The number of para-hydroxylation sites is 1. The number of carbonyl (C=O) groups excluding carboxylic acids is 1. The van der Waals surface area contributed by atoms with Gasteiger partial charge in [0.1, 0.15) is 0 Å². The molecule has 3 aromatic carbocycles. The fraction of sp³-hybridized carbons (Fsp3) is 0.0500. The molecule has 0 unspecified atom stereocenters. The molecule has 0 saturated heterocycles. The maximum Gasteiger partial charge on any atom is 0.418 e. The van der Waals surface area contributed by atoms with Crippen molar-refractivity contribution in [1.29, 1.82) is 0 Å². The van der Waals surface area contributed by atoms with Crippen molar-refractivity contribution in [2.75, 3.05) is 10.0 Å². The van der Waals surface area contributed by atoms with Gasteiger partial charge in [-0.2, -0.15) is 13.2 Å². The van der Waals surface area contributed by atoms with E-state index < -0.39 is 33.4 Å². The molecular formula is C20H13Cl2F3N2O3S. The number of sulfonamides is 1. The highest BCUT2D eigenvalue weighted by Crippen LogP contribution is 2.35. The zero-order valence-electron chi connectivity index (χ0n) is 15.4. The van der Waals surface area contributed by atoms with Crippen molar-refractivity contribution in [2.24, 2.45) is 0 Å². The van der Waals surface area contributed by atoms with Crippen molar-refractivity contribution in [3.8, 4) is 0 Å². The van der Waals surface area contributed by atoms with E-state index in [2.05, 4.69) is 10.0 Å². The number of rotatable bonds is 5. The summed E-state index contributed by atoms with van der Waals surface area (Å²) in [5.74, 6) is -0.995. The Bertz CT molecular complexity index is 1230. The Kier molecular flexibility index (Phi) is 6.49. The zero-order valence-corrected chi connectivity index (χ0v) is 17.7. The van der Waals surface area contributed by atoms with Gasteiger partial charge in [0.15, 0.2) is 0 Å². The largest absolute Gasteiger partial charge is 0.418 e. The number of hydrogen-bond acceptors (Lipinski definition) is 3. The minimum Gasteiger partial charge on any atom is -0.321 e. The van der Waals surface area contributed by atoms with Gasteiger partial charge in [-0.3, -0.25) is 9.52 Å². The van der Waals surface area contributed by atoms with Crippen LogP contribution in [0.4, 0.5) is 24.5 Å². The summed E-state index contributed by atoms with van der Waals surface area (Å²) in [5, 5.41) is 2.41. The third-order valence-corrected chi connectivity index (χ3v) is 6.03. The number of benzene rings is 3. The molecule has 0 atom stereocenters. The molecule has 31 heavy (non-hydrogen) atoms. The molecule has 11 heteroatoms. The second-order valence-corrected chi connectivity index (χ2v) is 8.78. The fourth-order valence-electron chi connectivity index (χ4n) is 2.61. The van der Waals surface area contributed by atoms with E-state index in [1.54, 1.807) is 0 Å². The van der Waals surface area contributed by atoms with Crippen LogP contribution in [-0.2, 0) is 16.2 Å². The van der Waals surface area contributed by atoms with Gasteiger partial charge in [-0.1, -0.05) is 35.3 Å². The van der Waals surface area contributed by atoms with Crippen molar-refractivity contribution in [3.63, 3.8) is 0 Å². The molecule has 2 N–H and O–H groups in total. The molecule has 0 spiro atoms. The fourth-order valence-corrected chi connectivity index (χ4v) is 4.02. The van der Waals surface area contributed by atoms with Crippen LogP contribution in [0.1, 0.15) is 15.9 Å². The first-order chi connectivity index (χ1) is 14.5. The van der Waals surface area contributed by atoms with Gasteiger partial charge in [-0.05, 0) is 54.6 Å². The quantitative estimate of drug-likeness (QED) is 0.457. The van der Waals surface area contributed by atoms with E-state index in [-0.39, 0.29) is 21.2 Å². The van der Waals surface area contributed by atoms with Crippen LogP contribution in [0, 0.1) is 0 Å². The Morgan fingerprint density at radius 1 is 0.903 bits per heavy atom. The van der Waals surface area contributed by atoms with Crippen LogP contribution in [0.5, 0.6) is 0 Å². The van der Waals surface area contributed by atoms with Crippen molar-refractivity contribution in [1.82, 2.24) is 0 Å². The number of carbonyl (C=O) groups is 1.